The van der Waals surface area contributed by atoms with Crippen LogP contribution in [-0.4, -0.2) is 43.3 Å². The highest BCUT2D eigenvalue weighted by Crippen LogP contribution is 2.26. The van der Waals surface area contributed by atoms with E-state index in [0.29, 0.717) is 19.3 Å². The number of halogens is 1. The van der Waals surface area contributed by atoms with E-state index < -0.39 is 9.84 Å². The second-order valence-corrected chi connectivity index (χ2v) is 9.25. The molecule has 0 bridgehead atoms. The lowest BCUT2D eigenvalue weighted by Crippen LogP contribution is -2.36. The van der Waals surface area contributed by atoms with Gasteiger partial charge in [0.2, 0.25) is 5.91 Å². The van der Waals surface area contributed by atoms with Crippen molar-refractivity contribution in [1.29, 1.82) is 0 Å². The van der Waals surface area contributed by atoms with Gasteiger partial charge in [-0.3, -0.25) is 4.79 Å². The van der Waals surface area contributed by atoms with Gasteiger partial charge in [-0.2, -0.15) is 0 Å². The molecule has 1 aromatic rings. The molecule has 2 saturated heterocycles. The van der Waals surface area contributed by atoms with Crippen molar-refractivity contribution in [2.24, 2.45) is 5.92 Å². The third-order valence-electron chi connectivity index (χ3n) is 5.18. The summed E-state index contributed by atoms with van der Waals surface area (Å²) in [5, 5.41) is 0. The maximum atomic E-state index is 13.0. The quantitative estimate of drug-likeness (QED) is 0.817. The molecule has 3 rings (SSSR count). The molecular weight excluding hydrogens is 329 g/mol. The summed E-state index contributed by atoms with van der Waals surface area (Å²) in [5.74, 6) is 0.521. The molecule has 0 aromatic heterocycles. The molecule has 1 amide bonds. The Labute approximate surface area is 143 Å². The molecule has 6 heteroatoms. The molecule has 2 aliphatic rings. The number of benzene rings is 1. The summed E-state index contributed by atoms with van der Waals surface area (Å²) in [6.45, 7) is 0.771. The fraction of sp³-hybridized carbons (Fsp3) is 0.611. The van der Waals surface area contributed by atoms with Gasteiger partial charge in [0.1, 0.15) is 5.82 Å². The largest absolute Gasteiger partial charge is 0.339 e. The minimum absolute atomic E-state index is 0.129. The van der Waals surface area contributed by atoms with E-state index in [9.17, 15) is 17.6 Å². The van der Waals surface area contributed by atoms with Crippen molar-refractivity contribution in [1.82, 2.24) is 4.90 Å². The Balaban J connectivity index is 1.52. The van der Waals surface area contributed by atoms with Crippen LogP contribution in [0.15, 0.2) is 24.3 Å². The van der Waals surface area contributed by atoms with Gasteiger partial charge in [-0.25, -0.2) is 12.8 Å². The number of likely N-dealkylation sites (tertiary alicyclic amines) is 1. The SMILES string of the molecule is O=C(CCC1CCS(=O)(=O)C1)N1CCCC1Cc1ccc(F)cc1. The van der Waals surface area contributed by atoms with Crippen molar-refractivity contribution >= 4 is 15.7 Å². The van der Waals surface area contributed by atoms with E-state index in [1.807, 2.05) is 4.90 Å². The van der Waals surface area contributed by atoms with Gasteiger partial charge in [-0.15, -0.1) is 0 Å². The zero-order valence-electron chi connectivity index (χ0n) is 13.8. The standard InChI is InChI=1S/C18H24FNO3S/c19-16-6-3-14(4-7-16)12-17-2-1-10-20(17)18(21)8-5-15-9-11-24(22,23)13-15/h3-4,6-7,15,17H,1-2,5,8-13H2. The molecule has 0 saturated carbocycles. The third kappa shape index (κ3) is 4.35. The molecule has 4 nitrogen and oxygen atoms in total. The first-order valence-electron chi connectivity index (χ1n) is 8.67. The summed E-state index contributed by atoms with van der Waals surface area (Å²) in [5.41, 5.74) is 1.04. The lowest BCUT2D eigenvalue weighted by atomic mass is 10.0. The van der Waals surface area contributed by atoms with Gasteiger partial charge in [0.25, 0.3) is 0 Å². The van der Waals surface area contributed by atoms with Crippen LogP contribution in [-0.2, 0) is 21.1 Å². The van der Waals surface area contributed by atoms with Crippen molar-refractivity contribution < 1.29 is 17.6 Å². The molecule has 0 spiro atoms. The van der Waals surface area contributed by atoms with Crippen LogP contribution in [0.1, 0.15) is 37.7 Å². The van der Waals surface area contributed by atoms with Gasteiger partial charge in [0.05, 0.1) is 11.5 Å². The Kier molecular flexibility index (Phi) is 5.23. The van der Waals surface area contributed by atoms with Gasteiger partial charge in [0.15, 0.2) is 9.84 Å². The number of amides is 1. The van der Waals surface area contributed by atoms with E-state index in [4.69, 9.17) is 0 Å². The molecule has 2 unspecified atom stereocenters. The molecule has 2 heterocycles. The Morgan fingerprint density at radius 2 is 1.96 bits per heavy atom. The number of carbonyl (C=O) groups excluding carboxylic acids is 1. The molecule has 132 valence electrons. The first kappa shape index (κ1) is 17.4. The highest BCUT2D eigenvalue weighted by Gasteiger charge is 2.31. The van der Waals surface area contributed by atoms with Gasteiger partial charge in [-0.1, -0.05) is 12.1 Å². The molecule has 0 radical (unpaired) electrons. The van der Waals surface area contributed by atoms with Crippen molar-refractivity contribution in [3.8, 4) is 0 Å². The zero-order valence-corrected chi connectivity index (χ0v) is 14.6. The topological polar surface area (TPSA) is 54.5 Å². The lowest BCUT2D eigenvalue weighted by Gasteiger charge is -2.25. The Hall–Kier alpha value is -1.43. The van der Waals surface area contributed by atoms with Gasteiger partial charge in [-0.05, 0) is 55.7 Å². The van der Waals surface area contributed by atoms with Gasteiger partial charge in [0, 0.05) is 19.0 Å². The predicted molar refractivity (Wildman–Crippen MR) is 90.8 cm³/mol. The number of nitrogens with zero attached hydrogens (tertiary/aromatic N) is 1. The molecule has 2 atom stereocenters. The summed E-state index contributed by atoms with van der Waals surface area (Å²) in [6, 6.07) is 6.64. The fourth-order valence-electron chi connectivity index (χ4n) is 3.84. The monoisotopic (exact) mass is 353 g/mol. The second kappa shape index (κ2) is 7.21. The normalized spacial score (nSPS) is 26.0. The minimum Gasteiger partial charge on any atom is -0.339 e. The van der Waals surface area contributed by atoms with Crippen molar-refractivity contribution in [2.45, 2.75) is 44.6 Å². The van der Waals surface area contributed by atoms with Crippen LogP contribution in [0.3, 0.4) is 0 Å². The predicted octanol–water partition coefficient (Wildman–Crippen LogP) is 2.57. The maximum Gasteiger partial charge on any atom is 0.222 e. The summed E-state index contributed by atoms with van der Waals surface area (Å²) in [6.07, 6.45) is 4.51. The summed E-state index contributed by atoms with van der Waals surface area (Å²) >= 11 is 0. The van der Waals surface area contributed by atoms with E-state index in [1.54, 1.807) is 12.1 Å². The van der Waals surface area contributed by atoms with Crippen LogP contribution in [0.5, 0.6) is 0 Å². The summed E-state index contributed by atoms with van der Waals surface area (Å²) in [4.78, 5) is 14.5. The molecule has 0 aliphatic carbocycles. The van der Waals surface area contributed by atoms with Crippen LogP contribution < -0.4 is 0 Å². The zero-order chi connectivity index (χ0) is 17.2. The number of sulfone groups is 1. The molecule has 2 fully saturated rings. The molecule has 24 heavy (non-hydrogen) atoms. The van der Waals surface area contributed by atoms with Crippen LogP contribution in [0, 0.1) is 11.7 Å². The van der Waals surface area contributed by atoms with Gasteiger partial charge >= 0.3 is 0 Å². The third-order valence-corrected chi connectivity index (χ3v) is 7.01. The van der Waals surface area contributed by atoms with Crippen molar-refractivity contribution in [2.75, 3.05) is 18.1 Å². The van der Waals surface area contributed by atoms with E-state index >= 15 is 0 Å². The van der Waals surface area contributed by atoms with Gasteiger partial charge < -0.3 is 4.90 Å². The first-order valence-corrected chi connectivity index (χ1v) is 10.5. The maximum absolute atomic E-state index is 13.0. The first-order chi connectivity index (χ1) is 11.4. The minimum atomic E-state index is -2.87. The van der Waals surface area contributed by atoms with E-state index in [0.717, 1.165) is 31.4 Å². The smallest absolute Gasteiger partial charge is 0.222 e. The van der Waals surface area contributed by atoms with E-state index in [-0.39, 0.29) is 35.2 Å². The average Bonchev–Trinajstić information content (AvgIpc) is 3.13. The van der Waals surface area contributed by atoms with Crippen molar-refractivity contribution in [3.05, 3.63) is 35.6 Å². The Morgan fingerprint density at radius 3 is 2.62 bits per heavy atom. The average molecular weight is 353 g/mol. The Morgan fingerprint density at radius 1 is 1.21 bits per heavy atom. The molecule has 0 N–H and O–H groups in total. The lowest BCUT2D eigenvalue weighted by molar-refractivity contribution is -0.132. The van der Waals surface area contributed by atoms with Crippen molar-refractivity contribution in [3.63, 3.8) is 0 Å². The number of hydrogen-bond donors (Lipinski definition) is 0. The van der Waals surface area contributed by atoms with Crippen LogP contribution in [0.4, 0.5) is 4.39 Å². The van der Waals surface area contributed by atoms with Crippen LogP contribution in [0.25, 0.3) is 0 Å². The molecule has 2 aliphatic heterocycles. The summed E-state index contributed by atoms with van der Waals surface area (Å²) < 4.78 is 36.0. The summed E-state index contributed by atoms with van der Waals surface area (Å²) in [7, 11) is -2.87. The fourth-order valence-corrected chi connectivity index (χ4v) is 5.75. The second-order valence-electron chi connectivity index (χ2n) is 7.02. The van der Waals surface area contributed by atoms with Crippen LogP contribution >= 0.6 is 0 Å². The molecular formula is C18H24FNO3S. The van der Waals surface area contributed by atoms with E-state index in [2.05, 4.69) is 0 Å². The van der Waals surface area contributed by atoms with Crippen LogP contribution in [0.2, 0.25) is 0 Å². The number of hydrogen-bond acceptors (Lipinski definition) is 3. The Bertz CT molecular complexity index is 687. The molecule has 1 aromatic carbocycles. The number of carbonyl (C=O) groups is 1. The highest BCUT2D eigenvalue weighted by molar-refractivity contribution is 7.91. The van der Waals surface area contributed by atoms with E-state index in [1.165, 1.54) is 12.1 Å². The highest BCUT2D eigenvalue weighted by atomic mass is 32.2. The number of rotatable bonds is 5.